The summed E-state index contributed by atoms with van der Waals surface area (Å²) in [5.74, 6) is 0. The van der Waals surface area contributed by atoms with Crippen LogP contribution in [0.2, 0.25) is 0 Å². The van der Waals surface area contributed by atoms with E-state index in [9.17, 15) is 0 Å². The Bertz CT molecular complexity index is 1600. The Labute approximate surface area is 184 Å². The normalized spacial score (nSPS) is 11.7. The number of para-hydroxylation sites is 2. The Balaban J connectivity index is 1.53. The molecule has 3 aromatic carbocycles. The van der Waals surface area contributed by atoms with Crippen molar-refractivity contribution < 1.29 is 4.42 Å². The van der Waals surface area contributed by atoms with Gasteiger partial charge in [-0.2, -0.15) is 0 Å². The lowest BCUT2D eigenvalue weighted by atomic mass is 9.98. The monoisotopic (exact) mass is 419 g/mol. The van der Waals surface area contributed by atoms with E-state index in [0.717, 1.165) is 38.0 Å². The molecule has 0 aliphatic rings. The van der Waals surface area contributed by atoms with Gasteiger partial charge in [0.25, 0.3) is 0 Å². The van der Waals surface area contributed by atoms with Crippen molar-refractivity contribution in [2.45, 2.75) is 20.8 Å². The zero-order valence-electron chi connectivity index (χ0n) is 17.7. The fraction of sp³-hybridized carbons (Fsp3) is 0.107. The zero-order chi connectivity index (χ0) is 21.1. The molecule has 2 nitrogen and oxygen atoms in total. The summed E-state index contributed by atoms with van der Waals surface area (Å²) in [6.45, 7) is 6.54. The van der Waals surface area contributed by atoms with Crippen LogP contribution in [0.15, 0.2) is 77.2 Å². The van der Waals surface area contributed by atoms with Crippen molar-refractivity contribution >= 4 is 43.5 Å². The molecule has 0 aliphatic carbocycles. The summed E-state index contributed by atoms with van der Waals surface area (Å²) >= 11 is 1.76. The lowest BCUT2D eigenvalue weighted by Gasteiger charge is -2.09. The first-order valence-electron chi connectivity index (χ1n) is 10.5. The number of pyridine rings is 1. The Morgan fingerprint density at radius 3 is 2.39 bits per heavy atom. The summed E-state index contributed by atoms with van der Waals surface area (Å²) in [6.07, 6.45) is 0. The molecule has 6 aromatic rings. The van der Waals surface area contributed by atoms with Crippen LogP contribution in [-0.2, 0) is 0 Å². The minimum Gasteiger partial charge on any atom is -0.455 e. The van der Waals surface area contributed by atoms with E-state index in [4.69, 9.17) is 9.40 Å². The summed E-state index contributed by atoms with van der Waals surface area (Å²) in [4.78, 5) is 7.38. The van der Waals surface area contributed by atoms with Gasteiger partial charge < -0.3 is 4.42 Å². The molecule has 0 amide bonds. The van der Waals surface area contributed by atoms with Crippen molar-refractivity contribution in [1.29, 1.82) is 0 Å². The predicted octanol–water partition coefficient (Wildman–Crippen LogP) is 8.45. The van der Waals surface area contributed by atoms with Crippen LogP contribution in [0.1, 0.15) is 16.7 Å². The van der Waals surface area contributed by atoms with Crippen LogP contribution in [0.5, 0.6) is 0 Å². The number of rotatable bonds is 2. The van der Waals surface area contributed by atoms with Gasteiger partial charge in [0, 0.05) is 26.6 Å². The number of nitrogens with zero attached hydrogens (tertiary/aromatic N) is 1. The molecule has 0 bridgehead atoms. The second-order valence-corrected chi connectivity index (χ2v) is 9.29. The van der Waals surface area contributed by atoms with Crippen molar-refractivity contribution in [3.8, 4) is 21.7 Å². The number of hydrogen-bond donors (Lipinski definition) is 0. The first-order valence-corrected chi connectivity index (χ1v) is 11.3. The maximum Gasteiger partial charge on any atom is 0.144 e. The Hall–Kier alpha value is -3.43. The standard InChI is InChI=1S/C28H21NOS/c1-16-13-17(2)26(18(3)14-16)25-15-19-11-12-23(29-28(19)31-25)22-9-6-8-21-20-7-4-5-10-24(20)30-27(21)22/h4-15H,1-3H3. The molecular weight excluding hydrogens is 398 g/mol. The number of aryl methyl sites for hydroxylation is 3. The molecule has 0 atom stereocenters. The average molecular weight is 420 g/mol. The van der Waals surface area contributed by atoms with Crippen LogP contribution in [0.3, 0.4) is 0 Å². The summed E-state index contributed by atoms with van der Waals surface area (Å²) in [6, 6.07) is 25.6. The number of fused-ring (bicyclic) bond motifs is 4. The molecule has 0 aliphatic heterocycles. The van der Waals surface area contributed by atoms with Crippen molar-refractivity contribution in [1.82, 2.24) is 4.98 Å². The van der Waals surface area contributed by atoms with E-state index >= 15 is 0 Å². The number of aromatic nitrogens is 1. The average Bonchev–Trinajstić information content (AvgIpc) is 3.33. The van der Waals surface area contributed by atoms with Crippen molar-refractivity contribution in [2.75, 3.05) is 0 Å². The molecule has 31 heavy (non-hydrogen) atoms. The third kappa shape index (κ3) is 2.88. The Morgan fingerprint density at radius 2 is 1.55 bits per heavy atom. The number of benzene rings is 3. The van der Waals surface area contributed by atoms with E-state index in [2.05, 4.69) is 81.4 Å². The molecule has 0 saturated carbocycles. The van der Waals surface area contributed by atoms with Gasteiger partial charge in [-0.1, -0.05) is 48.0 Å². The Kier molecular flexibility index (Phi) is 4.02. The highest BCUT2D eigenvalue weighted by molar-refractivity contribution is 7.21. The van der Waals surface area contributed by atoms with E-state index in [1.807, 2.05) is 12.1 Å². The van der Waals surface area contributed by atoms with Gasteiger partial charge in [-0.15, -0.1) is 11.3 Å². The maximum atomic E-state index is 6.23. The summed E-state index contributed by atoms with van der Waals surface area (Å²) < 4.78 is 6.23. The highest BCUT2D eigenvalue weighted by Gasteiger charge is 2.15. The quantitative estimate of drug-likeness (QED) is 0.281. The van der Waals surface area contributed by atoms with Gasteiger partial charge in [-0.25, -0.2) is 4.98 Å². The molecule has 3 aromatic heterocycles. The van der Waals surface area contributed by atoms with Gasteiger partial charge in [0.2, 0.25) is 0 Å². The second kappa shape index (κ2) is 6.79. The van der Waals surface area contributed by atoms with Gasteiger partial charge in [0.1, 0.15) is 16.0 Å². The molecule has 3 heterocycles. The molecule has 6 rings (SSSR count). The van der Waals surface area contributed by atoms with Crippen LogP contribution < -0.4 is 0 Å². The third-order valence-corrected chi connectivity index (χ3v) is 7.05. The lowest BCUT2D eigenvalue weighted by molar-refractivity contribution is 0.670. The van der Waals surface area contributed by atoms with Crippen molar-refractivity contribution in [3.05, 3.63) is 89.5 Å². The molecule has 0 saturated heterocycles. The highest BCUT2D eigenvalue weighted by atomic mass is 32.1. The maximum absolute atomic E-state index is 6.23. The second-order valence-electron chi connectivity index (χ2n) is 8.26. The molecule has 150 valence electrons. The van der Waals surface area contributed by atoms with Crippen LogP contribution in [0.25, 0.3) is 53.9 Å². The van der Waals surface area contributed by atoms with Crippen LogP contribution in [0.4, 0.5) is 0 Å². The van der Waals surface area contributed by atoms with E-state index in [1.165, 1.54) is 32.5 Å². The molecular formula is C28H21NOS. The minimum absolute atomic E-state index is 0.901. The molecule has 0 radical (unpaired) electrons. The van der Waals surface area contributed by atoms with Gasteiger partial charge in [0.15, 0.2) is 0 Å². The molecule has 0 spiro atoms. The number of hydrogen-bond acceptors (Lipinski definition) is 3. The fourth-order valence-corrected chi connectivity index (χ4v) is 5.92. The topological polar surface area (TPSA) is 26.0 Å². The van der Waals surface area contributed by atoms with E-state index in [-0.39, 0.29) is 0 Å². The molecule has 0 unspecified atom stereocenters. The predicted molar refractivity (Wildman–Crippen MR) is 132 cm³/mol. The zero-order valence-corrected chi connectivity index (χ0v) is 18.5. The van der Waals surface area contributed by atoms with E-state index < -0.39 is 0 Å². The largest absolute Gasteiger partial charge is 0.455 e. The Morgan fingerprint density at radius 1 is 0.774 bits per heavy atom. The molecule has 0 N–H and O–H groups in total. The van der Waals surface area contributed by atoms with Crippen LogP contribution in [0, 0.1) is 20.8 Å². The number of furan rings is 1. The third-order valence-electron chi connectivity index (χ3n) is 5.99. The van der Waals surface area contributed by atoms with E-state index in [0.29, 0.717) is 0 Å². The SMILES string of the molecule is Cc1cc(C)c(-c2cc3ccc(-c4cccc5c4oc4ccccc45)nc3s2)c(C)c1. The lowest BCUT2D eigenvalue weighted by Crippen LogP contribution is -1.87. The van der Waals surface area contributed by atoms with Gasteiger partial charge >= 0.3 is 0 Å². The first kappa shape index (κ1) is 18.3. The number of thiophene rings is 1. The van der Waals surface area contributed by atoms with Gasteiger partial charge in [-0.3, -0.25) is 0 Å². The minimum atomic E-state index is 0.901. The highest BCUT2D eigenvalue weighted by Crippen LogP contribution is 2.39. The van der Waals surface area contributed by atoms with Crippen molar-refractivity contribution in [3.63, 3.8) is 0 Å². The van der Waals surface area contributed by atoms with Crippen LogP contribution in [-0.4, -0.2) is 4.98 Å². The van der Waals surface area contributed by atoms with Crippen LogP contribution >= 0.6 is 11.3 Å². The summed E-state index contributed by atoms with van der Waals surface area (Å²) in [5.41, 5.74) is 9.06. The molecule has 3 heteroatoms. The smallest absolute Gasteiger partial charge is 0.144 e. The molecule has 0 fully saturated rings. The summed E-state index contributed by atoms with van der Waals surface area (Å²) in [5, 5.41) is 3.46. The van der Waals surface area contributed by atoms with E-state index in [1.54, 1.807) is 11.3 Å². The van der Waals surface area contributed by atoms with Gasteiger partial charge in [-0.05, 0) is 67.8 Å². The fourth-order valence-electron chi connectivity index (χ4n) is 4.71. The van der Waals surface area contributed by atoms with Crippen molar-refractivity contribution in [2.24, 2.45) is 0 Å². The van der Waals surface area contributed by atoms with Gasteiger partial charge in [0.05, 0.1) is 5.69 Å². The summed E-state index contributed by atoms with van der Waals surface area (Å²) in [7, 11) is 0. The first-order chi connectivity index (χ1) is 15.1.